The molecule has 0 aliphatic carbocycles. The summed E-state index contributed by atoms with van der Waals surface area (Å²) in [7, 11) is 0. The second-order valence-corrected chi connectivity index (χ2v) is 7.72. The number of hydrogen-bond donors (Lipinski definition) is 1. The highest BCUT2D eigenvalue weighted by molar-refractivity contribution is 7.99. The molecule has 160 valence electrons. The van der Waals surface area contributed by atoms with Crippen molar-refractivity contribution < 1.29 is 14.0 Å². The van der Waals surface area contributed by atoms with Crippen LogP contribution in [0.25, 0.3) is 17.1 Å². The van der Waals surface area contributed by atoms with Crippen LogP contribution in [0.15, 0.2) is 84.3 Å². The Labute approximate surface area is 187 Å². The van der Waals surface area contributed by atoms with Gasteiger partial charge in [0.15, 0.2) is 11.0 Å². The number of nitrogens with zero attached hydrogens (tertiary/aromatic N) is 4. The van der Waals surface area contributed by atoms with E-state index < -0.39 is 5.91 Å². The van der Waals surface area contributed by atoms with Crippen molar-refractivity contribution in [1.29, 1.82) is 0 Å². The number of rotatable bonds is 7. The van der Waals surface area contributed by atoms with E-state index in [-0.39, 0.29) is 23.9 Å². The number of benzene rings is 2. The smallest absolute Gasteiger partial charge is 0.237 e. The third kappa shape index (κ3) is 5.25. The molecule has 9 heteroatoms. The van der Waals surface area contributed by atoms with Crippen LogP contribution in [0.5, 0.6) is 0 Å². The quantitative estimate of drug-likeness (QED) is 0.437. The van der Waals surface area contributed by atoms with E-state index in [1.54, 1.807) is 41.2 Å². The number of hydrogen-bond acceptors (Lipinski definition) is 6. The first-order valence-electron chi connectivity index (χ1n) is 9.71. The Morgan fingerprint density at radius 3 is 2.34 bits per heavy atom. The van der Waals surface area contributed by atoms with Crippen LogP contribution in [0.4, 0.5) is 4.39 Å². The van der Waals surface area contributed by atoms with Crippen LogP contribution < -0.4 is 5.32 Å². The first kappa shape index (κ1) is 21.4. The van der Waals surface area contributed by atoms with E-state index in [2.05, 4.69) is 20.5 Å². The molecule has 2 amide bonds. The Morgan fingerprint density at radius 2 is 1.62 bits per heavy atom. The summed E-state index contributed by atoms with van der Waals surface area (Å²) in [6, 6.07) is 18.7. The fraction of sp³-hybridized carbons (Fsp3) is 0.0870. The van der Waals surface area contributed by atoms with Crippen LogP contribution in [0.1, 0.15) is 5.56 Å². The molecule has 0 fully saturated rings. The predicted molar refractivity (Wildman–Crippen MR) is 119 cm³/mol. The highest BCUT2D eigenvalue weighted by Gasteiger charge is 2.18. The van der Waals surface area contributed by atoms with Crippen molar-refractivity contribution in [2.45, 2.75) is 11.6 Å². The van der Waals surface area contributed by atoms with Crippen LogP contribution in [0.3, 0.4) is 0 Å². The number of carbonyl (C=O) groups excluding carboxylic acids is 2. The number of halogens is 1. The van der Waals surface area contributed by atoms with Gasteiger partial charge in [-0.2, -0.15) is 0 Å². The minimum atomic E-state index is -0.435. The number of aromatic nitrogens is 4. The van der Waals surface area contributed by atoms with Gasteiger partial charge in [0.1, 0.15) is 5.82 Å². The summed E-state index contributed by atoms with van der Waals surface area (Å²) >= 11 is 1.13. The minimum Gasteiger partial charge on any atom is -0.295 e. The first-order valence-corrected chi connectivity index (χ1v) is 10.7. The van der Waals surface area contributed by atoms with Crippen LogP contribution in [-0.4, -0.2) is 37.3 Å². The zero-order valence-corrected chi connectivity index (χ0v) is 17.6. The van der Waals surface area contributed by atoms with Gasteiger partial charge in [-0.25, -0.2) is 4.39 Å². The average molecular weight is 447 g/mol. The molecule has 2 heterocycles. The molecule has 0 atom stereocenters. The Bertz CT molecular complexity index is 1210. The topological polar surface area (TPSA) is 89.8 Å². The summed E-state index contributed by atoms with van der Waals surface area (Å²) in [6.07, 6.45) is 3.39. The molecule has 0 aliphatic rings. The van der Waals surface area contributed by atoms with Crippen LogP contribution in [0, 0.1) is 5.82 Å². The normalized spacial score (nSPS) is 10.7. The van der Waals surface area contributed by atoms with Gasteiger partial charge in [-0.3, -0.25) is 24.5 Å². The van der Waals surface area contributed by atoms with E-state index in [0.717, 1.165) is 22.9 Å². The molecule has 0 bridgehead atoms. The predicted octanol–water partition coefficient (Wildman–Crippen LogP) is 3.45. The van der Waals surface area contributed by atoms with E-state index >= 15 is 0 Å². The Balaban J connectivity index is 1.49. The van der Waals surface area contributed by atoms with Gasteiger partial charge in [0.2, 0.25) is 11.8 Å². The van der Waals surface area contributed by atoms with Gasteiger partial charge in [0.05, 0.1) is 12.2 Å². The summed E-state index contributed by atoms with van der Waals surface area (Å²) in [5.41, 5.74) is 2.24. The second kappa shape index (κ2) is 9.97. The van der Waals surface area contributed by atoms with Gasteiger partial charge in [-0.15, -0.1) is 10.2 Å². The summed E-state index contributed by atoms with van der Waals surface area (Å²) in [5.74, 6) is -0.676. The molecule has 4 rings (SSSR count). The number of thioether (sulfide) groups is 1. The average Bonchev–Trinajstić information content (AvgIpc) is 3.23. The number of nitrogens with one attached hydrogen (secondary N) is 1. The standard InChI is InChI=1S/C23H18FN5O2S/c24-18-6-8-19(9-7-18)29-22(17-10-12-25-13-11-17)27-28-23(29)32-15-21(31)26-20(30)14-16-4-2-1-3-5-16/h1-13H,14-15H2,(H,26,30,31). The highest BCUT2D eigenvalue weighted by atomic mass is 32.2. The van der Waals surface area contributed by atoms with E-state index in [1.165, 1.54) is 12.1 Å². The number of imide groups is 1. The summed E-state index contributed by atoms with van der Waals surface area (Å²) < 4.78 is 15.2. The van der Waals surface area contributed by atoms with Crippen molar-refractivity contribution in [1.82, 2.24) is 25.1 Å². The lowest BCUT2D eigenvalue weighted by atomic mass is 10.1. The molecule has 0 saturated carbocycles. The van der Waals surface area contributed by atoms with Crippen molar-refractivity contribution in [3.8, 4) is 17.1 Å². The van der Waals surface area contributed by atoms with Crippen LogP contribution in [0.2, 0.25) is 0 Å². The number of pyridine rings is 1. The van der Waals surface area contributed by atoms with Gasteiger partial charge in [0.25, 0.3) is 0 Å². The molecule has 0 saturated heterocycles. The molecule has 0 radical (unpaired) electrons. The van der Waals surface area contributed by atoms with E-state index in [1.807, 2.05) is 30.3 Å². The van der Waals surface area contributed by atoms with Crippen molar-refractivity contribution in [2.75, 3.05) is 5.75 Å². The molecule has 2 aromatic heterocycles. The molecule has 0 spiro atoms. The molecule has 1 N–H and O–H groups in total. The fourth-order valence-electron chi connectivity index (χ4n) is 3.02. The second-order valence-electron chi connectivity index (χ2n) is 6.78. The molecule has 7 nitrogen and oxygen atoms in total. The Morgan fingerprint density at radius 1 is 0.906 bits per heavy atom. The van der Waals surface area contributed by atoms with Crippen LogP contribution in [-0.2, 0) is 16.0 Å². The monoisotopic (exact) mass is 447 g/mol. The van der Waals surface area contributed by atoms with Crippen LogP contribution >= 0.6 is 11.8 Å². The lowest BCUT2D eigenvalue weighted by molar-refractivity contribution is -0.128. The first-order chi connectivity index (χ1) is 15.6. The third-order valence-corrected chi connectivity index (χ3v) is 5.40. The summed E-state index contributed by atoms with van der Waals surface area (Å²) in [6.45, 7) is 0. The largest absolute Gasteiger partial charge is 0.295 e. The zero-order valence-electron chi connectivity index (χ0n) is 16.8. The Kier molecular flexibility index (Phi) is 6.66. The summed E-state index contributed by atoms with van der Waals surface area (Å²) in [5, 5.41) is 11.3. The molecular weight excluding hydrogens is 429 g/mol. The van der Waals surface area contributed by atoms with Crippen molar-refractivity contribution in [2.24, 2.45) is 0 Å². The molecule has 4 aromatic rings. The maximum atomic E-state index is 13.4. The van der Waals surface area contributed by atoms with Gasteiger partial charge in [0, 0.05) is 23.6 Å². The van der Waals surface area contributed by atoms with Crippen molar-refractivity contribution in [3.63, 3.8) is 0 Å². The fourth-order valence-corrected chi connectivity index (χ4v) is 3.77. The van der Waals surface area contributed by atoms with Gasteiger partial charge in [-0.05, 0) is 42.0 Å². The lowest BCUT2D eigenvalue weighted by Gasteiger charge is -2.10. The van der Waals surface area contributed by atoms with Crippen molar-refractivity contribution in [3.05, 3.63) is 90.5 Å². The molecule has 2 aromatic carbocycles. The molecule has 32 heavy (non-hydrogen) atoms. The zero-order chi connectivity index (χ0) is 22.3. The molecular formula is C23H18FN5O2S. The van der Waals surface area contributed by atoms with Gasteiger partial charge < -0.3 is 0 Å². The third-order valence-electron chi connectivity index (χ3n) is 4.48. The maximum absolute atomic E-state index is 13.4. The SMILES string of the molecule is O=C(CSc1nnc(-c2ccncc2)n1-c1ccc(F)cc1)NC(=O)Cc1ccccc1. The minimum absolute atomic E-state index is 0.0315. The number of carbonyl (C=O) groups is 2. The van der Waals surface area contributed by atoms with E-state index in [4.69, 9.17) is 0 Å². The molecule has 0 aliphatic heterocycles. The van der Waals surface area contributed by atoms with Gasteiger partial charge in [-0.1, -0.05) is 42.1 Å². The Hall–Kier alpha value is -3.85. The highest BCUT2D eigenvalue weighted by Crippen LogP contribution is 2.27. The lowest BCUT2D eigenvalue weighted by Crippen LogP contribution is -2.33. The van der Waals surface area contributed by atoms with Crippen molar-refractivity contribution >= 4 is 23.6 Å². The van der Waals surface area contributed by atoms with E-state index in [0.29, 0.717) is 16.7 Å². The molecule has 0 unspecified atom stereocenters. The summed E-state index contributed by atoms with van der Waals surface area (Å²) in [4.78, 5) is 28.5. The number of amides is 2. The van der Waals surface area contributed by atoms with E-state index in [9.17, 15) is 14.0 Å². The van der Waals surface area contributed by atoms with Gasteiger partial charge >= 0.3 is 0 Å². The maximum Gasteiger partial charge on any atom is 0.237 e.